The Morgan fingerprint density at radius 2 is 2.35 bits per heavy atom. The van der Waals surface area contributed by atoms with Crippen LogP contribution in [0.4, 0.5) is 0 Å². The number of nitrogens with one attached hydrogen (secondary N) is 1. The van der Waals surface area contributed by atoms with Gasteiger partial charge in [0.2, 0.25) is 0 Å². The van der Waals surface area contributed by atoms with Crippen LogP contribution in [0.1, 0.15) is 22.6 Å². The quantitative estimate of drug-likeness (QED) is 0.853. The van der Waals surface area contributed by atoms with Gasteiger partial charge in [0.25, 0.3) is 11.5 Å². The minimum atomic E-state index is -0.186. The number of carbonyl (C=O) groups excluding carboxylic acids is 1. The van der Waals surface area contributed by atoms with E-state index in [0.29, 0.717) is 23.0 Å². The number of hydrogen-bond acceptors (Lipinski definition) is 3. The van der Waals surface area contributed by atoms with Gasteiger partial charge in [0.15, 0.2) is 0 Å². The maximum Gasteiger partial charge on any atom is 0.261 e. The van der Waals surface area contributed by atoms with Crippen molar-refractivity contribution in [3.8, 4) is 0 Å². The third kappa shape index (κ3) is 2.01. The Bertz CT molecular complexity index is 762. The lowest BCUT2D eigenvalue weighted by Crippen LogP contribution is -2.24. The molecule has 0 fully saturated rings. The lowest BCUT2D eigenvalue weighted by atomic mass is 10.1. The van der Waals surface area contributed by atoms with Crippen LogP contribution in [0.2, 0.25) is 0 Å². The number of carbonyl (C=O) groups is 1. The summed E-state index contributed by atoms with van der Waals surface area (Å²) >= 11 is 0. The van der Waals surface area contributed by atoms with Crippen molar-refractivity contribution < 1.29 is 4.79 Å². The number of fused-ring (bicyclic) bond motifs is 2. The zero-order chi connectivity index (χ0) is 14.1. The highest BCUT2D eigenvalue weighted by Crippen LogP contribution is 2.16. The molecule has 3 rings (SSSR count). The van der Waals surface area contributed by atoms with Crippen molar-refractivity contribution in [2.75, 3.05) is 6.54 Å². The Kier molecular flexibility index (Phi) is 3.10. The van der Waals surface area contributed by atoms with Crippen LogP contribution in [-0.2, 0) is 13.0 Å². The molecule has 2 aromatic rings. The maximum atomic E-state index is 12.3. The highest BCUT2D eigenvalue weighted by atomic mass is 16.1. The third-order valence-electron chi connectivity index (χ3n) is 3.49. The SMILES string of the molecule is C=CCNC(=O)c1ccc2c(=O)n3c(nc2c1)CCC3. The van der Waals surface area contributed by atoms with Crippen molar-refractivity contribution in [3.63, 3.8) is 0 Å². The van der Waals surface area contributed by atoms with Crippen LogP contribution >= 0.6 is 0 Å². The smallest absolute Gasteiger partial charge is 0.261 e. The molecule has 0 bridgehead atoms. The van der Waals surface area contributed by atoms with Crippen LogP contribution < -0.4 is 10.9 Å². The predicted octanol–water partition coefficient (Wildman–Crippen LogP) is 1.26. The van der Waals surface area contributed by atoms with Crippen molar-refractivity contribution in [2.45, 2.75) is 19.4 Å². The molecular weight excluding hydrogens is 254 g/mol. The van der Waals surface area contributed by atoms with E-state index < -0.39 is 0 Å². The Hall–Kier alpha value is -2.43. The van der Waals surface area contributed by atoms with Gasteiger partial charge in [-0.05, 0) is 24.6 Å². The lowest BCUT2D eigenvalue weighted by molar-refractivity contribution is 0.0958. The summed E-state index contributed by atoms with van der Waals surface area (Å²) in [5.74, 6) is 0.625. The van der Waals surface area contributed by atoms with Crippen molar-refractivity contribution in [1.82, 2.24) is 14.9 Å². The third-order valence-corrected chi connectivity index (χ3v) is 3.49. The Morgan fingerprint density at radius 3 is 3.15 bits per heavy atom. The van der Waals surface area contributed by atoms with Crippen molar-refractivity contribution in [2.24, 2.45) is 0 Å². The van der Waals surface area contributed by atoms with E-state index in [2.05, 4.69) is 16.9 Å². The first-order chi connectivity index (χ1) is 9.70. The number of rotatable bonds is 3. The molecule has 1 N–H and O–H groups in total. The van der Waals surface area contributed by atoms with Gasteiger partial charge in [-0.25, -0.2) is 4.98 Å². The van der Waals surface area contributed by atoms with Crippen molar-refractivity contribution >= 4 is 16.8 Å². The summed E-state index contributed by atoms with van der Waals surface area (Å²) in [5.41, 5.74) is 1.09. The van der Waals surface area contributed by atoms with Gasteiger partial charge >= 0.3 is 0 Å². The van der Waals surface area contributed by atoms with Gasteiger partial charge in [0, 0.05) is 25.1 Å². The van der Waals surface area contributed by atoms with Gasteiger partial charge in [0.05, 0.1) is 10.9 Å². The molecule has 0 aliphatic carbocycles. The second kappa shape index (κ2) is 4.92. The average Bonchev–Trinajstić information content (AvgIpc) is 2.93. The van der Waals surface area contributed by atoms with Crippen molar-refractivity contribution in [1.29, 1.82) is 0 Å². The summed E-state index contributed by atoms with van der Waals surface area (Å²) < 4.78 is 1.72. The number of nitrogens with zero attached hydrogens (tertiary/aromatic N) is 2. The van der Waals surface area contributed by atoms with Gasteiger partial charge < -0.3 is 5.32 Å². The van der Waals surface area contributed by atoms with Gasteiger partial charge in [0.1, 0.15) is 5.82 Å². The molecule has 1 aliphatic heterocycles. The molecule has 1 aromatic carbocycles. The van der Waals surface area contributed by atoms with Crippen LogP contribution in [0.5, 0.6) is 0 Å². The van der Waals surface area contributed by atoms with Gasteiger partial charge in [-0.15, -0.1) is 6.58 Å². The standard InChI is InChI=1S/C15H15N3O2/c1-2-7-16-14(19)10-5-6-11-12(9-10)17-13-4-3-8-18(13)15(11)20/h2,5-6,9H,1,3-4,7-8H2,(H,16,19). The first kappa shape index (κ1) is 12.6. The second-order valence-corrected chi connectivity index (χ2v) is 4.82. The van der Waals surface area contributed by atoms with E-state index in [1.165, 1.54) is 0 Å². The van der Waals surface area contributed by atoms with Crippen molar-refractivity contribution in [3.05, 3.63) is 52.6 Å². The first-order valence-electron chi connectivity index (χ1n) is 6.63. The van der Waals surface area contributed by atoms with E-state index in [1.54, 1.807) is 28.8 Å². The molecule has 0 spiro atoms. The number of hydrogen-bond donors (Lipinski definition) is 1. The summed E-state index contributed by atoms with van der Waals surface area (Å²) in [6, 6.07) is 5.01. The van der Waals surface area contributed by atoms with E-state index in [-0.39, 0.29) is 11.5 Å². The normalized spacial score (nSPS) is 13.2. The molecule has 0 radical (unpaired) electrons. The Balaban J connectivity index is 2.08. The largest absolute Gasteiger partial charge is 0.349 e. The molecule has 20 heavy (non-hydrogen) atoms. The van der Waals surface area contributed by atoms with E-state index in [0.717, 1.165) is 25.2 Å². The van der Waals surface area contributed by atoms with Gasteiger partial charge in [-0.1, -0.05) is 6.08 Å². The van der Waals surface area contributed by atoms with E-state index in [9.17, 15) is 9.59 Å². The zero-order valence-corrected chi connectivity index (χ0v) is 11.1. The molecular formula is C15H15N3O2. The van der Waals surface area contributed by atoms with Crippen LogP contribution in [-0.4, -0.2) is 22.0 Å². The first-order valence-corrected chi connectivity index (χ1v) is 6.63. The predicted molar refractivity (Wildman–Crippen MR) is 76.9 cm³/mol. The van der Waals surface area contributed by atoms with E-state index in [4.69, 9.17) is 0 Å². The monoisotopic (exact) mass is 269 g/mol. The highest BCUT2D eigenvalue weighted by molar-refractivity contribution is 5.97. The molecule has 0 saturated carbocycles. The summed E-state index contributed by atoms with van der Waals surface area (Å²) in [6.07, 6.45) is 3.39. The fraction of sp³-hybridized carbons (Fsp3) is 0.267. The molecule has 5 nitrogen and oxygen atoms in total. The molecule has 1 aliphatic rings. The number of aryl methyl sites for hydroxylation is 1. The van der Waals surface area contributed by atoms with Crippen LogP contribution in [0.25, 0.3) is 10.9 Å². The zero-order valence-electron chi connectivity index (χ0n) is 11.1. The highest BCUT2D eigenvalue weighted by Gasteiger charge is 2.16. The lowest BCUT2D eigenvalue weighted by Gasteiger charge is -2.07. The molecule has 102 valence electrons. The Morgan fingerprint density at radius 1 is 1.50 bits per heavy atom. The van der Waals surface area contributed by atoms with E-state index >= 15 is 0 Å². The minimum absolute atomic E-state index is 0.0134. The van der Waals surface area contributed by atoms with Crippen LogP contribution in [0, 0.1) is 0 Å². The summed E-state index contributed by atoms with van der Waals surface area (Å²) in [4.78, 5) is 28.7. The number of benzene rings is 1. The molecule has 2 heterocycles. The van der Waals surface area contributed by atoms with Crippen LogP contribution in [0.3, 0.4) is 0 Å². The number of aromatic nitrogens is 2. The van der Waals surface area contributed by atoms with Gasteiger partial charge in [-0.2, -0.15) is 0 Å². The summed E-state index contributed by atoms with van der Waals surface area (Å²) in [6.45, 7) is 4.70. The molecule has 0 saturated heterocycles. The average molecular weight is 269 g/mol. The van der Waals surface area contributed by atoms with Gasteiger partial charge in [-0.3, -0.25) is 14.2 Å². The topological polar surface area (TPSA) is 64.0 Å². The Labute approximate surface area is 115 Å². The van der Waals surface area contributed by atoms with Crippen LogP contribution in [0.15, 0.2) is 35.6 Å². The minimum Gasteiger partial charge on any atom is -0.349 e. The fourth-order valence-corrected chi connectivity index (χ4v) is 2.49. The fourth-order valence-electron chi connectivity index (χ4n) is 2.49. The molecule has 0 unspecified atom stereocenters. The maximum absolute atomic E-state index is 12.3. The number of amides is 1. The summed E-state index contributed by atoms with van der Waals surface area (Å²) in [7, 11) is 0. The summed E-state index contributed by atoms with van der Waals surface area (Å²) in [5, 5.41) is 3.28. The molecule has 1 amide bonds. The molecule has 5 heteroatoms. The molecule has 0 atom stereocenters. The molecule has 1 aromatic heterocycles. The second-order valence-electron chi connectivity index (χ2n) is 4.82. The van der Waals surface area contributed by atoms with E-state index in [1.807, 2.05) is 0 Å².